The molecule has 1 aliphatic rings. The average Bonchev–Trinajstić information content (AvgIpc) is 2.88. The van der Waals surface area contributed by atoms with Crippen LogP contribution in [0.1, 0.15) is 84.9 Å². The van der Waals surface area contributed by atoms with Gasteiger partial charge >= 0.3 is 0 Å². The molecule has 1 N–H and O–H groups in total. The molecule has 2 rings (SSSR count). The molecule has 0 atom stereocenters. The molecule has 0 aromatic carbocycles. The fourth-order valence-electron chi connectivity index (χ4n) is 3.39. The van der Waals surface area contributed by atoms with E-state index in [9.17, 15) is 0 Å². The monoisotopic (exact) mass is 293 g/mol. The Morgan fingerprint density at radius 3 is 2.24 bits per heavy atom. The SMILES string of the molecule is CCNC(C)(C)c1nc(C2CCC(C(C)(C)C)CC2)no1. The van der Waals surface area contributed by atoms with Crippen LogP contribution in [0.25, 0.3) is 0 Å². The van der Waals surface area contributed by atoms with Gasteiger partial charge in [0.05, 0.1) is 5.54 Å². The van der Waals surface area contributed by atoms with Crippen molar-refractivity contribution in [3.05, 3.63) is 11.7 Å². The minimum Gasteiger partial charge on any atom is -0.337 e. The van der Waals surface area contributed by atoms with Crippen molar-refractivity contribution in [3.8, 4) is 0 Å². The van der Waals surface area contributed by atoms with Gasteiger partial charge in [-0.2, -0.15) is 4.98 Å². The van der Waals surface area contributed by atoms with E-state index in [2.05, 4.69) is 57.0 Å². The standard InChI is InChI=1S/C17H31N3O/c1-7-18-17(5,6)15-19-14(20-21-15)12-8-10-13(11-9-12)16(2,3)4/h12-13,18H,7-11H2,1-6H3. The summed E-state index contributed by atoms with van der Waals surface area (Å²) in [6.45, 7) is 14.2. The molecule has 0 spiro atoms. The lowest BCUT2D eigenvalue weighted by Crippen LogP contribution is -2.36. The first kappa shape index (κ1) is 16.5. The van der Waals surface area contributed by atoms with Crippen LogP contribution >= 0.6 is 0 Å². The first-order chi connectivity index (χ1) is 9.74. The Bertz CT molecular complexity index is 451. The van der Waals surface area contributed by atoms with Crippen molar-refractivity contribution >= 4 is 0 Å². The molecule has 1 aromatic heterocycles. The van der Waals surface area contributed by atoms with Crippen molar-refractivity contribution in [1.29, 1.82) is 0 Å². The van der Waals surface area contributed by atoms with Gasteiger partial charge in [0.25, 0.3) is 0 Å². The van der Waals surface area contributed by atoms with Gasteiger partial charge in [-0.25, -0.2) is 0 Å². The highest BCUT2D eigenvalue weighted by atomic mass is 16.5. The fraction of sp³-hybridized carbons (Fsp3) is 0.882. The van der Waals surface area contributed by atoms with Crippen molar-refractivity contribution in [2.45, 2.75) is 78.7 Å². The van der Waals surface area contributed by atoms with Crippen LogP contribution in [-0.4, -0.2) is 16.7 Å². The Morgan fingerprint density at radius 1 is 1.10 bits per heavy atom. The van der Waals surface area contributed by atoms with Gasteiger partial charge in [0.1, 0.15) is 0 Å². The zero-order chi connectivity index (χ0) is 15.7. The van der Waals surface area contributed by atoms with Crippen molar-refractivity contribution < 1.29 is 4.52 Å². The highest BCUT2D eigenvalue weighted by Crippen LogP contribution is 2.42. The van der Waals surface area contributed by atoms with Gasteiger partial charge < -0.3 is 9.84 Å². The van der Waals surface area contributed by atoms with Gasteiger partial charge in [-0.3, -0.25) is 0 Å². The zero-order valence-electron chi connectivity index (χ0n) is 14.5. The largest absolute Gasteiger partial charge is 0.337 e. The van der Waals surface area contributed by atoms with Crippen molar-refractivity contribution in [2.75, 3.05) is 6.54 Å². The molecule has 0 aliphatic heterocycles. The molecule has 0 unspecified atom stereocenters. The summed E-state index contributed by atoms with van der Waals surface area (Å²) in [7, 11) is 0. The molecule has 1 aliphatic carbocycles. The molecule has 4 nitrogen and oxygen atoms in total. The molecular weight excluding hydrogens is 262 g/mol. The Labute approximate surface area is 129 Å². The van der Waals surface area contributed by atoms with Crippen LogP contribution in [0.4, 0.5) is 0 Å². The highest BCUT2D eigenvalue weighted by Gasteiger charge is 2.33. The van der Waals surface area contributed by atoms with E-state index in [1.165, 1.54) is 25.7 Å². The molecule has 0 bridgehead atoms. The van der Waals surface area contributed by atoms with Gasteiger partial charge in [-0.15, -0.1) is 0 Å². The third-order valence-corrected chi connectivity index (χ3v) is 4.91. The lowest BCUT2D eigenvalue weighted by Gasteiger charge is -2.36. The third kappa shape index (κ3) is 3.85. The predicted octanol–water partition coefficient (Wildman–Crippen LogP) is 4.23. The van der Waals surface area contributed by atoms with E-state index in [0.29, 0.717) is 17.2 Å². The summed E-state index contributed by atoms with van der Waals surface area (Å²) >= 11 is 0. The number of aromatic nitrogens is 2. The maximum Gasteiger partial charge on any atom is 0.246 e. The molecule has 21 heavy (non-hydrogen) atoms. The van der Waals surface area contributed by atoms with E-state index >= 15 is 0 Å². The molecule has 1 fully saturated rings. The first-order valence-electron chi connectivity index (χ1n) is 8.33. The van der Waals surface area contributed by atoms with E-state index in [-0.39, 0.29) is 5.54 Å². The number of rotatable bonds is 4. The number of nitrogens with zero attached hydrogens (tertiary/aromatic N) is 2. The Morgan fingerprint density at radius 2 is 1.71 bits per heavy atom. The lowest BCUT2D eigenvalue weighted by molar-refractivity contribution is 0.166. The number of hydrogen-bond donors (Lipinski definition) is 1. The first-order valence-corrected chi connectivity index (χ1v) is 8.33. The quantitative estimate of drug-likeness (QED) is 0.902. The molecular formula is C17H31N3O. The van der Waals surface area contributed by atoms with Crippen molar-refractivity contribution in [1.82, 2.24) is 15.5 Å². The van der Waals surface area contributed by atoms with Crippen LogP contribution < -0.4 is 5.32 Å². The summed E-state index contributed by atoms with van der Waals surface area (Å²) < 4.78 is 5.51. The average molecular weight is 293 g/mol. The van der Waals surface area contributed by atoms with E-state index < -0.39 is 0 Å². The van der Waals surface area contributed by atoms with Gasteiger partial charge in [0.2, 0.25) is 5.89 Å². The summed E-state index contributed by atoms with van der Waals surface area (Å²) in [5.74, 6) is 2.90. The fourth-order valence-corrected chi connectivity index (χ4v) is 3.39. The highest BCUT2D eigenvalue weighted by molar-refractivity contribution is 5.04. The van der Waals surface area contributed by atoms with Gasteiger partial charge in [-0.1, -0.05) is 32.9 Å². The predicted molar refractivity (Wildman–Crippen MR) is 85.2 cm³/mol. The Balaban J connectivity index is 2.00. The summed E-state index contributed by atoms with van der Waals surface area (Å²) in [4.78, 5) is 4.67. The summed E-state index contributed by atoms with van der Waals surface area (Å²) in [5, 5.41) is 7.63. The minimum absolute atomic E-state index is 0.247. The van der Waals surface area contributed by atoms with Gasteiger partial charge in [-0.05, 0) is 57.4 Å². The molecule has 1 heterocycles. The van der Waals surface area contributed by atoms with Gasteiger partial charge in [0, 0.05) is 5.92 Å². The second-order valence-electron chi connectivity index (χ2n) is 8.03. The summed E-state index contributed by atoms with van der Waals surface area (Å²) in [5.41, 5.74) is 0.170. The van der Waals surface area contributed by atoms with E-state index in [4.69, 9.17) is 4.52 Å². The molecule has 0 saturated heterocycles. The second kappa shape index (κ2) is 6.07. The second-order valence-corrected chi connectivity index (χ2v) is 8.03. The number of nitrogens with one attached hydrogen (secondary N) is 1. The Kier molecular flexibility index (Phi) is 4.76. The smallest absolute Gasteiger partial charge is 0.246 e. The van der Waals surface area contributed by atoms with Crippen LogP contribution in [0, 0.1) is 11.3 Å². The molecule has 1 saturated carbocycles. The van der Waals surface area contributed by atoms with Crippen molar-refractivity contribution in [3.63, 3.8) is 0 Å². The molecule has 1 aromatic rings. The van der Waals surface area contributed by atoms with Crippen LogP contribution in [0.5, 0.6) is 0 Å². The Hall–Kier alpha value is -0.900. The van der Waals surface area contributed by atoms with Crippen LogP contribution in [0.2, 0.25) is 0 Å². The maximum absolute atomic E-state index is 5.51. The van der Waals surface area contributed by atoms with Gasteiger partial charge in [0.15, 0.2) is 5.82 Å². The van der Waals surface area contributed by atoms with Crippen LogP contribution in [0.3, 0.4) is 0 Å². The third-order valence-electron chi connectivity index (χ3n) is 4.91. The van der Waals surface area contributed by atoms with E-state index in [1.807, 2.05) is 0 Å². The van der Waals surface area contributed by atoms with E-state index in [1.54, 1.807) is 0 Å². The number of hydrogen-bond acceptors (Lipinski definition) is 4. The van der Waals surface area contributed by atoms with Crippen LogP contribution in [-0.2, 0) is 5.54 Å². The van der Waals surface area contributed by atoms with Crippen LogP contribution in [0.15, 0.2) is 4.52 Å². The lowest BCUT2D eigenvalue weighted by atomic mass is 9.70. The summed E-state index contributed by atoms with van der Waals surface area (Å²) in [6, 6.07) is 0. The summed E-state index contributed by atoms with van der Waals surface area (Å²) in [6.07, 6.45) is 4.91. The minimum atomic E-state index is -0.247. The normalized spacial score (nSPS) is 24.3. The topological polar surface area (TPSA) is 51.0 Å². The molecule has 120 valence electrons. The molecule has 4 heteroatoms. The maximum atomic E-state index is 5.51. The molecule has 0 amide bonds. The van der Waals surface area contributed by atoms with Crippen molar-refractivity contribution in [2.24, 2.45) is 11.3 Å². The zero-order valence-corrected chi connectivity index (χ0v) is 14.5. The van der Waals surface area contributed by atoms with E-state index in [0.717, 1.165) is 18.3 Å². The molecule has 0 radical (unpaired) electrons.